The minimum absolute atomic E-state index is 0. The molecule has 0 fully saturated rings. The van der Waals surface area contributed by atoms with Gasteiger partial charge in [0.25, 0.3) is 6.98 Å². The van der Waals surface area contributed by atoms with E-state index in [0.29, 0.717) is 16.8 Å². The molecule has 8 heteroatoms. The summed E-state index contributed by atoms with van der Waals surface area (Å²) in [6, 6.07) is 43.2. The first-order valence-electron chi connectivity index (χ1n) is 27.6. The molecule has 0 saturated heterocycles. The number of hydrogen-bond donors (Lipinski definition) is 0. The van der Waals surface area contributed by atoms with E-state index in [-0.39, 0.29) is 60.3 Å². The minimum Gasteiger partial charge on any atom is -0.633 e. The number of imidazole rings is 1. The summed E-state index contributed by atoms with van der Waals surface area (Å²) in [6.45, 7) is 5.71. The Kier molecular flexibility index (Phi) is 9.07. The molecule has 3 aromatic heterocycles. The molecule has 0 bridgehead atoms. The van der Waals surface area contributed by atoms with Gasteiger partial charge in [0.05, 0.1) is 24.9 Å². The van der Waals surface area contributed by atoms with Crippen LogP contribution in [0.3, 0.4) is 0 Å². The van der Waals surface area contributed by atoms with Gasteiger partial charge in [-0.2, -0.15) is 6.07 Å². The van der Waals surface area contributed by atoms with Crippen LogP contribution < -0.4 is 9.30 Å². The van der Waals surface area contributed by atoms with E-state index in [1.54, 1.807) is 33.3 Å². The first-order chi connectivity index (χ1) is 38.0. The Morgan fingerprint density at radius 3 is 1.94 bits per heavy atom. The molecular formula is C62H46BN5OPt-2. The first-order valence-corrected chi connectivity index (χ1v) is 22.6. The maximum atomic E-state index is 9.17. The summed E-state index contributed by atoms with van der Waals surface area (Å²) < 4.78 is 101. The van der Waals surface area contributed by atoms with Gasteiger partial charge >= 0.3 is 0 Å². The Morgan fingerprint density at radius 2 is 1.29 bits per heavy atom. The van der Waals surface area contributed by atoms with E-state index in [1.165, 1.54) is 0 Å². The Balaban J connectivity index is 0.00000675. The zero-order valence-electron chi connectivity index (χ0n) is 48.1. The van der Waals surface area contributed by atoms with Crippen LogP contribution in [0.2, 0.25) is 0 Å². The third kappa shape index (κ3) is 8.27. The van der Waals surface area contributed by atoms with Crippen LogP contribution in [-0.4, -0.2) is 21.0 Å². The van der Waals surface area contributed by atoms with Gasteiger partial charge in [0.2, 0.25) is 6.33 Å². The number of ether oxygens (including phenoxy) is 1. The van der Waals surface area contributed by atoms with Gasteiger partial charge in [-0.3, -0.25) is 0 Å². The van der Waals surface area contributed by atoms with Crippen LogP contribution in [0.4, 0.5) is 0 Å². The maximum absolute atomic E-state index is 9.17. The number of fused-ring (bicyclic) bond motifs is 4. The van der Waals surface area contributed by atoms with Gasteiger partial charge in [-0.05, 0) is 85.1 Å². The molecule has 0 amide bonds. The second-order valence-corrected chi connectivity index (χ2v) is 17.8. The fraction of sp³-hybridized carbons (Fsp3) is 0.0645. The molecule has 0 N–H and O–H groups in total. The van der Waals surface area contributed by atoms with Crippen molar-refractivity contribution in [1.82, 2.24) is 14.0 Å². The Bertz CT molecular complexity index is 4240. The summed E-state index contributed by atoms with van der Waals surface area (Å²) in [5.74, 6) is 3.25. The quantitative estimate of drug-likeness (QED) is 0.0822. The normalized spacial score (nSPS) is 14.5. The van der Waals surface area contributed by atoms with Crippen molar-refractivity contribution in [2.75, 3.05) is 0 Å². The topological polar surface area (TPSA) is 50.0 Å². The number of rotatable bonds is 9. The van der Waals surface area contributed by atoms with E-state index >= 15 is 0 Å². The summed E-state index contributed by atoms with van der Waals surface area (Å²) in [5.41, 5.74) is 7.77. The van der Waals surface area contributed by atoms with E-state index < -0.39 is 67.4 Å². The smallest absolute Gasteiger partial charge is 0.285 e. The van der Waals surface area contributed by atoms with E-state index in [2.05, 4.69) is 74.1 Å². The van der Waals surface area contributed by atoms with E-state index in [4.69, 9.17) is 28.7 Å². The fourth-order valence-electron chi connectivity index (χ4n) is 9.07. The molecule has 8 aromatic carbocycles. The number of benzene rings is 8. The van der Waals surface area contributed by atoms with Crippen LogP contribution in [0.1, 0.15) is 40.0 Å². The Hall–Kier alpha value is -7.99. The zero-order valence-corrected chi connectivity index (χ0v) is 40.4. The summed E-state index contributed by atoms with van der Waals surface area (Å²) in [7, 11) is 0. The van der Waals surface area contributed by atoms with Crippen molar-refractivity contribution >= 4 is 39.8 Å². The SMILES string of the molecule is [2H]c1c([2H])c([2H])c(-c2cccc(-c3c([2H])c([2H])c([2H])c([2H])c3[2H])c2-[n+]2[c-]n(B3C=CC=C(Oc4[c-]c5c(cc4)c4cc(-c6ccccc6)ccc4n5-c4cc(C(C)(C)C)ccn4)[N-]3)c3ccc(-c4ccccc4)cc32)c([2H])c1[2H].[Pt]. The van der Waals surface area contributed by atoms with Gasteiger partial charge < -0.3 is 23.6 Å². The second-order valence-electron chi connectivity index (χ2n) is 17.8. The molecule has 0 saturated carbocycles. The van der Waals surface area contributed by atoms with Crippen LogP contribution >= 0.6 is 0 Å². The predicted octanol–water partition coefficient (Wildman–Crippen LogP) is 14.7. The van der Waals surface area contributed by atoms with E-state index in [9.17, 15) is 0 Å². The molecule has 0 aliphatic carbocycles. The van der Waals surface area contributed by atoms with Gasteiger partial charge in [-0.1, -0.05) is 208 Å². The first kappa shape index (κ1) is 34.3. The van der Waals surface area contributed by atoms with Crippen molar-refractivity contribution in [3.8, 4) is 61.8 Å². The van der Waals surface area contributed by atoms with Crippen LogP contribution in [0, 0.1) is 12.4 Å². The molecule has 11 aromatic rings. The molecule has 12 rings (SSSR count). The van der Waals surface area contributed by atoms with E-state index in [1.807, 2.05) is 103 Å². The van der Waals surface area contributed by atoms with Crippen molar-refractivity contribution in [2.45, 2.75) is 26.2 Å². The number of allylic oxidation sites excluding steroid dienone is 2. The molecule has 0 unspecified atom stereocenters. The molecule has 70 heavy (non-hydrogen) atoms. The molecule has 4 heterocycles. The maximum Gasteiger partial charge on any atom is 0.285 e. The van der Waals surface area contributed by atoms with Gasteiger partial charge in [0.15, 0.2) is 0 Å². The number of nitrogens with zero attached hydrogens (tertiary/aromatic N) is 5. The molecule has 0 spiro atoms. The van der Waals surface area contributed by atoms with Crippen LogP contribution in [0.5, 0.6) is 5.75 Å². The number of aromatic nitrogens is 4. The van der Waals surface area contributed by atoms with Gasteiger partial charge in [0.1, 0.15) is 5.82 Å². The van der Waals surface area contributed by atoms with Gasteiger partial charge in [0, 0.05) is 49.9 Å². The second kappa shape index (κ2) is 18.5. The molecule has 0 radical (unpaired) electrons. The Labute approximate surface area is 437 Å². The summed E-state index contributed by atoms with van der Waals surface area (Å²) in [6.07, 6.45) is 8.91. The van der Waals surface area contributed by atoms with Crippen molar-refractivity contribution < 1.29 is 44.1 Å². The molecule has 6 nitrogen and oxygen atoms in total. The van der Waals surface area contributed by atoms with Crippen molar-refractivity contribution in [2.24, 2.45) is 0 Å². The van der Waals surface area contributed by atoms with Gasteiger partial charge in [-0.15, -0.1) is 17.5 Å². The third-order valence-electron chi connectivity index (χ3n) is 12.4. The molecule has 340 valence electrons. The van der Waals surface area contributed by atoms with Crippen LogP contribution in [0.15, 0.2) is 230 Å². The minimum atomic E-state index is -0.806. The number of hydrogen-bond acceptors (Lipinski definition) is 2. The van der Waals surface area contributed by atoms with Crippen LogP contribution in [0.25, 0.3) is 94.1 Å². The molecule has 1 aliphatic rings. The van der Waals surface area contributed by atoms with Crippen molar-refractivity contribution in [3.05, 3.63) is 253 Å². The number of pyridine rings is 1. The molecule has 0 atom stereocenters. The summed E-state index contributed by atoms with van der Waals surface area (Å²) >= 11 is 0. The standard InChI is InChI=1S/C62H46BN5O.Pt/c1-62(2,3)49-35-37-64-59(40-49)68-55-33-29-47(43-18-8-4-9-19-43)38-54(55)53-32-31-50(41-57(53)68)69-60-28-17-36-63(65-60)67-42-66(58-39-48(30-34-56(58)67)44-20-10-5-11-21-44)61-51(45-22-12-6-13-23-45)26-16-27-52(61)46-24-14-7-15-25-46;/h4-40H,1-3H3;/q-2;/i6D,7D,12D,13D,14D,15D,22D,23D,24D,25D;. The van der Waals surface area contributed by atoms with Crippen molar-refractivity contribution in [3.63, 3.8) is 0 Å². The monoisotopic (exact) mass is 1090 g/mol. The average Bonchev–Trinajstić information content (AvgIpc) is 4.02. The Morgan fingerprint density at radius 1 is 0.643 bits per heavy atom. The third-order valence-corrected chi connectivity index (χ3v) is 12.4. The molecule has 1 aliphatic heterocycles. The largest absolute Gasteiger partial charge is 0.633 e. The zero-order chi connectivity index (χ0) is 55.2. The van der Waals surface area contributed by atoms with Crippen LogP contribution in [-0.2, 0) is 26.5 Å². The average molecular weight is 1090 g/mol. The molecular weight excluding hydrogens is 1040 g/mol. The summed E-state index contributed by atoms with van der Waals surface area (Å²) in [4.78, 5) is 4.89. The van der Waals surface area contributed by atoms with E-state index in [0.717, 1.165) is 55.4 Å². The van der Waals surface area contributed by atoms with Gasteiger partial charge in [-0.25, -0.2) is 4.98 Å². The number of para-hydroxylation sites is 1. The summed E-state index contributed by atoms with van der Waals surface area (Å²) in [5, 5.41) is 7.10. The van der Waals surface area contributed by atoms with Crippen molar-refractivity contribution in [1.29, 1.82) is 0 Å². The fourth-order valence-corrected chi connectivity index (χ4v) is 9.07. The predicted molar refractivity (Wildman–Crippen MR) is 283 cm³/mol.